The summed E-state index contributed by atoms with van der Waals surface area (Å²) < 4.78 is 0. The van der Waals surface area contributed by atoms with Crippen molar-refractivity contribution in [2.75, 3.05) is 12.4 Å². The number of aromatic nitrogens is 3. The Morgan fingerprint density at radius 1 is 1.28 bits per heavy atom. The second kappa shape index (κ2) is 6.02. The maximum absolute atomic E-state index is 6.10. The maximum Gasteiger partial charge on any atom is 0.133 e. The van der Waals surface area contributed by atoms with E-state index in [2.05, 4.69) is 27.2 Å². The summed E-state index contributed by atoms with van der Waals surface area (Å²) >= 11 is 7.56. The van der Waals surface area contributed by atoms with Gasteiger partial charge in [0.15, 0.2) is 0 Å². The van der Waals surface area contributed by atoms with Crippen molar-refractivity contribution in [2.45, 2.75) is 23.4 Å². The molecule has 0 aliphatic rings. The number of nitrogens with zero attached hydrogens (tertiary/aromatic N) is 3. The summed E-state index contributed by atoms with van der Waals surface area (Å²) in [5.74, 6) is 0.849. The minimum atomic E-state index is 0.633. The number of rotatable bonds is 4. The fourth-order valence-corrected chi connectivity index (χ4v) is 2.72. The number of pyridine rings is 1. The molecule has 2 aromatic rings. The minimum absolute atomic E-state index is 0.633. The van der Waals surface area contributed by atoms with E-state index in [1.165, 1.54) is 11.8 Å². The molecule has 0 unspecified atom stereocenters. The standard InChI is InChI=1S/C12H13ClN4S/c1-3-8-10(14-2)16-7-17-11(8)18-12-9(13)5-4-6-15-12/h4-7H,3H2,1-2H3,(H,14,16,17). The molecule has 2 rings (SSSR count). The van der Waals surface area contributed by atoms with Crippen molar-refractivity contribution >= 4 is 29.2 Å². The SMILES string of the molecule is CCc1c(NC)ncnc1Sc1ncccc1Cl. The fourth-order valence-electron chi connectivity index (χ4n) is 1.56. The van der Waals surface area contributed by atoms with E-state index in [-0.39, 0.29) is 0 Å². The third kappa shape index (κ3) is 2.73. The highest BCUT2D eigenvalue weighted by molar-refractivity contribution is 7.99. The van der Waals surface area contributed by atoms with Crippen LogP contribution in [0.25, 0.3) is 0 Å². The Morgan fingerprint density at radius 2 is 2.11 bits per heavy atom. The number of nitrogens with one attached hydrogen (secondary N) is 1. The topological polar surface area (TPSA) is 50.7 Å². The summed E-state index contributed by atoms with van der Waals surface area (Å²) in [6.07, 6.45) is 4.12. The molecule has 0 saturated carbocycles. The minimum Gasteiger partial charge on any atom is -0.373 e. The van der Waals surface area contributed by atoms with Crippen LogP contribution >= 0.6 is 23.4 Å². The lowest BCUT2D eigenvalue weighted by molar-refractivity contribution is 0.943. The van der Waals surface area contributed by atoms with E-state index in [0.29, 0.717) is 5.02 Å². The Balaban J connectivity index is 2.37. The summed E-state index contributed by atoms with van der Waals surface area (Å²) in [6.45, 7) is 2.07. The molecular weight excluding hydrogens is 268 g/mol. The molecule has 1 N–H and O–H groups in total. The fraction of sp³-hybridized carbons (Fsp3) is 0.250. The van der Waals surface area contributed by atoms with Crippen LogP contribution < -0.4 is 5.32 Å². The van der Waals surface area contributed by atoms with E-state index >= 15 is 0 Å². The van der Waals surface area contributed by atoms with Crippen molar-refractivity contribution in [3.8, 4) is 0 Å². The summed E-state index contributed by atoms with van der Waals surface area (Å²) in [5, 5.41) is 5.35. The Bertz CT molecular complexity index is 547. The maximum atomic E-state index is 6.10. The molecule has 0 saturated heterocycles. The third-order valence-electron chi connectivity index (χ3n) is 2.41. The van der Waals surface area contributed by atoms with E-state index in [1.54, 1.807) is 12.5 Å². The van der Waals surface area contributed by atoms with Crippen LogP contribution in [-0.2, 0) is 6.42 Å². The number of anilines is 1. The van der Waals surface area contributed by atoms with Gasteiger partial charge in [-0.05, 0) is 30.3 Å². The zero-order valence-corrected chi connectivity index (χ0v) is 11.7. The quantitative estimate of drug-likeness (QED) is 0.871. The van der Waals surface area contributed by atoms with Crippen molar-refractivity contribution in [1.29, 1.82) is 0 Å². The Kier molecular flexibility index (Phi) is 4.38. The highest BCUT2D eigenvalue weighted by Gasteiger charge is 2.12. The summed E-state index contributed by atoms with van der Waals surface area (Å²) in [6, 6.07) is 3.63. The van der Waals surface area contributed by atoms with Crippen LogP contribution in [0.15, 0.2) is 34.7 Å². The summed E-state index contributed by atoms with van der Waals surface area (Å²) in [4.78, 5) is 12.8. The monoisotopic (exact) mass is 280 g/mol. The Hall–Kier alpha value is -1.33. The van der Waals surface area contributed by atoms with Crippen LogP contribution in [0.4, 0.5) is 5.82 Å². The van der Waals surface area contributed by atoms with Crippen molar-refractivity contribution in [1.82, 2.24) is 15.0 Å². The van der Waals surface area contributed by atoms with E-state index in [0.717, 1.165) is 27.9 Å². The molecule has 0 spiro atoms. The van der Waals surface area contributed by atoms with E-state index < -0.39 is 0 Å². The van der Waals surface area contributed by atoms with Crippen LogP contribution in [0.2, 0.25) is 5.02 Å². The van der Waals surface area contributed by atoms with Crippen molar-refractivity contribution in [3.63, 3.8) is 0 Å². The first-order valence-electron chi connectivity index (χ1n) is 5.56. The molecule has 94 valence electrons. The molecule has 18 heavy (non-hydrogen) atoms. The molecular formula is C12H13ClN4S. The highest BCUT2D eigenvalue weighted by atomic mass is 35.5. The van der Waals surface area contributed by atoms with Gasteiger partial charge in [-0.15, -0.1) is 0 Å². The number of halogens is 1. The van der Waals surface area contributed by atoms with Crippen LogP contribution in [0.3, 0.4) is 0 Å². The summed E-state index contributed by atoms with van der Waals surface area (Å²) in [7, 11) is 1.85. The Morgan fingerprint density at radius 3 is 2.78 bits per heavy atom. The highest BCUT2D eigenvalue weighted by Crippen LogP contribution is 2.33. The second-order valence-corrected chi connectivity index (χ2v) is 4.89. The third-order valence-corrected chi connectivity index (χ3v) is 3.90. The largest absolute Gasteiger partial charge is 0.373 e. The second-order valence-electron chi connectivity index (χ2n) is 3.50. The van der Waals surface area contributed by atoms with Gasteiger partial charge in [-0.3, -0.25) is 0 Å². The first-order chi connectivity index (χ1) is 8.76. The molecule has 0 aliphatic carbocycles. The van der Waals surface area contributed by atoms with Gasteiger partial charge < -0.3 is 5.32 Å². The number of hydrogen-bond donors (Lipinski definition) is 1. The lowest BCUT2D eigenvalue weighted by Crippen LogP contribution is -2.01. The first-order valence-corrected chi connectivity index (χ1v) is 6.75. The smallest absolute Gasteiger partial charge is 0.133 e. The van der Waals surface area contributed by atoms with Crippen LogP contribution in [0, 0.1) is 0 Å². The number of hydrogen-bond acceptors (Lipinski definition) is 5. The summed E-state index contributed by atoms with van der Waals surface area (Å²) in [5.41, 5.74) is 1.08. The molecule has 0 fully saturated rings. The molecule has 6 heteroatoms. The average molecular weight is 281 g/mol. The molecule has 2 heterocycles. The zero-order valence-electron chi connectivity index (χ0n) is 10.1. The molecule has 0 atom stereocenters. The van der Waals surface area contributed by atoms with Gasteiger partial charge in [-0.1, -0.05) is 18.5 Å². The average Bonchev–Trinajstić information content (AvgIpc) is 2.41. The van der Waals surface area contributed by atoms with Gasteiger partial charge in [0.1, 0.15) is 22.2 Å². The van der Waals surface area contributed by atoms with E-state index in [1.807, 2.05) is 19.2 Å². The van der Waals surface area contributed by atoms with E-state index in [4.69, 9.17) is 11.6 Å². The van der Waals surface area contributed by atoms with Crippen LogP contribution in [0.5, 0.6) is 0 Å². The molecule has 0 aromatic carbocycles. The lowest BCUT2D eigenvalue weighted by Gasteiger charge is -2.10. The van der Waals surface area contributed by atoms with Gasteiger partial charge >= 0.3 is 0 Å². The normalized spacial score (nSPS) is 10.4. The van der Waals surface area contributed by atoms with Gasteiger partial charge in [-0.2, -0.15) is 0 Å². The molecule has 0 aliphatic heterocycles. The lowest BCUT2D eigenvalue weighted by atomic mass is 10.2. The molecule has 0 amide bonds. The van der Waals surface area contributed by atoms with Gasteiger partial charge in [0.25, 0.3) is 0 Å². The van der Waals surface area contributed by atoms with Crippen LogP contribution in [-0.4, -0.2) is 22.0 Å². The first kappa shape index (κ1) is 13.1. The molecule has 2 aromatic heterocycles. The van der Waals surface area contributed by atoms with Gasteiger partial charge in [0, 0.05) is 18.8 Å². The predicted octanol–water partition coefficient (Wildman–Crippen LogP) is 3.28. The predicted molar refractivity (Wildman–Crippen MR) is 74.3 cm³/mol. The van der Waals surface area contributed by atoms with Crippen molar-refractivity contribution < 1.29 is 0 Å². The Labute approximate surface area is 115 Å². The van der Waals surface area contributed by atoms with Gasteiger partial charge in [-0.25, -0.2) is 15.0 Å². The molecule has 4 nitrogen and oxygen atoms in total. The molecule has 0 bridgehead atoms. The van der Waals surface area contributed by atoms with Gasteiger partial charge in [0.05, 0.1) is 5.02 Å². The zero-order chi connectivity index (χ0) is 13.0. The van der Waals surface area contributed by atoms with Crippen molar-refractivity contribution in [3.05, 3.63) is 35.2 Å². The molecule has 0 radical (unpaired) electrons. The van der Waals surface area contributed by atoms with E-state index in [9.17, 15) is 0 Å². The van der Waals surface area contributed by atoms with Crippen LogP contribution in [0.1, 0.15) is 12.5 Å². The van der Waals surface area contributed by atoms with Crippen molar-refractivity contribution in [2.24, 2.45) is 0 Å². The van der Waals surface area contributed by atoms with Gasteiger partial charge in [0.2, 0.25) is 0 Å².